The van der Waals surface area contributed by atoms with E-state index in [-0.39, 0.29) is 0 Å². The first kappa shape index (κ1) is 10.2. The Kier molecular flexibility index (Phi) is 3.57. The van der Waals surface area contributed by atoms with Crippen molar-refractivity contribution in [1.82, 2.24) is 0 Å². The van der Waals surface area contributed by atoms with Gasteiger partial charge in [0.15, 0.2) is 0 Å². The molecule has 0 aromatic carbocycles. The van der Waals surface area contributed by atoms with Gasteiger partial charge in [0.25, 0.3) is 0 Å². The van der Waals surface area contributed by atoms with Crippen molar-refractivity contribution in [2.75, 3.05) is 13.2 Å². The van der Waals surface area contributed by atoms with E-state index in [4.69, 9.17) is 4.74 Å². The van der Waals surface area contributed by atoms with E-state index < -0.39 is 0 Å². The molecule has 0 radical (unpaired) electrons. The van der Waals surface area contributed by atoms with Crippen molar-refractivity contribution < 1.29 is 9.53 Å². The molecule has 0 amide bonds. The maximum atomic E-state index is 11.5. The Morgan fingerprint density at radius 2 is 1.93 bits per heavy atom. The molecule has 2 nitrogen and oxygen atoms in total. The third-order valence-electron chi connectivity index (χ3n) is 3.63. The van der Waals surface area contributed by atoms with Crippen LogP contribution in [0, 0.1) is 11.8 Å². The zero-order valence-electron chi connectivity index (χ0n) is 8.84. The minimum atomic E-state index is 0.484. The molecule has 0 bridgehead atoms. The number of hydrogen-bond donors (Lipinski definition) is 0. The summed E-state index contributed by atoms with van der Waals surface area (Å²) in [5.74, 6) is 1.79. The summed E-state index contributed by atoms with van der Waals surface area (Å²) < 4.78 is 5.50. The van der Waals surface area contributed by atoms with Crippen LogP contribution in [0.5, 0.6) is 0 Å². The van der Waals surface area contributed by atoms with Crippen LogP contribution in [-0.4, -0.2) is 19.0 Å². The summed E-state index contributed by atoms with van der Waals surface area (Å²) in [6.07, 6.45) is 7.72. The Balaban J connectivity index is 1.90. The third-order valence-corrected chi connectivity index (χ3v) is 3.63. The van der Waals surface area contributed by atoms with Crippen molar-refractivity contribution in [2.45, 2.75) is 44.9 Å². The van der Waals surface area contributed by atoms with Gasteiger partial charge in [-0.1, -0.05) is 6.42 Å². The second kappa shape index (κ2) is 4.92. The molecule has 0 aromatic rings. The summed E-state index contributed by atoms with van der Waals surface area (Å²) in [4.78, 5) is 11.5. The molecule has 1 saturated heterocycles. The fraction of sp³-hybridized carbons (Fsp3) is 0.917. The first-order valence-corrected chi connectivity index (χ1v) is 5.95. The first-order valence-electron chi connectivity index (χ1n) is 5.95. The van der Waals surface area contributed by atoms with Crippen molar-refractivity contribution >= 4 is 5.78 Å². The van der Waals surface area contributed by atoms with Crippen LogP contribution >= 0.6 is 0 Å². The van der Waals surface area contributed by atoms with Gasteiger partial charge in [-0.3, -0.25) is 4.79 Å². The van der Waals surface area contributed by atoms with Gasteiger partial charge < -0.3 is 4.74 Å². The van der Waals surface area contributed by atoms with Gasteiger partial charge in [-0.05, 0) is 37.5 Å². The summed E-state index contributed by atoms with van der Waals surface area (Å²) in [7, 11) is 0. The molecule has 2 aliphatic rings. The highest BCUT2D eigenvalue weighted by Gasteiger charge is 2.27. The predicted molar refractivity (Wildman–Crippen MR) is 55.1 cm³/mol. The lowest BCUT2D eigenvalue weighted by Crippen LogP contribution is -2.26. The highest BCUT2D eigenvalue weighted by atomic mass is 16.5. The second-order valence-corrected chi connectivity index (χ2v) is 4.73. The molecule has 2 atom stereocenters. The van der Waals surface area contributed by atoms with Gasteiger partial charge in [0.05, 0.1) is 0 Å². The Labute approximate surface area is 86.0 Å². The van der Waals surface area contributed by atoms with Crippen molar-refractivity contribution in [1.29, 1.82) is 0 Å². The van der Waals surface area contributed by atoms with Gasteiger partial charge in [-0.15, -0.1) is 0 Å². The molecule has 2 heteroatoms. The van der Waals surface area contributed by atoms with Gasteiger partial charge in [-0.2, -0.15) is 0 Å². The van der Waals surface area contributed by atoms with Crippen LogP contribution in [0.15, 0.2) is 0 Å². The monoisotopic (exact) mass is 196 g/mol. The van der Waals surface area contributed by atoms with Gasteiger partial charge in [0.2, 0.25) is 0 Å². The van der Waals surface area contributed by atoms with Crippen LogP contribution in [0.4, 0.5) is 0 Å². The van der Waals surface area contributed by atoms with Gasteiger partial charge in [0, 0.05) is 26.1 Å². The highest BCUT2D eigenvalue weighted by Crippen LogP contribution is 2.31. The lowest BCUT2D eigenvalue weighted by molar-refractivity contribution is -0.120. The van der Waals surface area contributed by atoms with Crippen LogP contribution < -0.4 is 0 Å². The molecule has 1 aliphatic heterocycles. The Morgan fingerprint density at radius 1 is 1.07 bits per heavy atom. The molecule has 2 unspecified atom stereocenters. The van der Waals surface area contributed by atoms with E-state index in [1.807, 2.05) is 0 Å². The SMILES string of the molecule is O=C1CCCCC(C2CCCOC2)C1. The van der Waals surface area contributed by atoms with Gasteiger partial charge in [0.1, 0.15) is 5.78 Å². The molecule has 14 heavy (non-hydrogen) atoms. The van der Waals surface area contributed by atoms with Gasteiger partial charge in [-0.25, -0.2) is 0 Å². The Morgan fingerprint density at radius 3 is 2.71 bits per heavy atom. The molecule has 0 spiro atoms. The highest BCUT2D eigenvalue weighted by molar-refractivity contribution is 5.78. The predicted octanol–water partition coefficient (Wildman–Crippen LogP) is 2.56. The van der Waals surface area contributed by atoms with E-state index in [2.05, 4.69) is 0 Å². The van der Waals surface area contributed by atoms with Crippen LogP contribution in [0.3, 0.4) is 0 Å². The van der Waals surface area contributed by atoms with Crippen LogP contribution in [-0.2, 0) is 9.53 Å². The number of Topliss-reactive ketones (excluding diaryl/α,β-unsaturated/α-hetero) is 1. The fourth-order valence-corrected chi connectivity index (χ4v) is 2.77. The van der Waals surface area contributed by atoms with E-state index in [9.17, 15) is 4.79 Å². The molecule has 2 rings (SSSR count). The van der Waals surface area contributed by atoms with Crippen molar-refractivity contribution in [3.05, 3.63) is 0 Å². The number of ether oxygens (including phenoxy) is 1. The Hall–Kier alpha value is -0.370. The molecular weight excluding hydrogens is 176 g/mol. The maximum Gasteiger partial charge on any atom is 0.133 e. The van der Waals surface area contributed by atoms with E-state index in [1.165, 1.54) is 25.7 Å². The van der Waals surface area contributed by atoms with Crippen LogP contribution in [0.1, 0.15) is 44.9 Å². The Bertz CT molecular complexity index is 194. The smallest absolute Gasteiger partial charge is 0.133 e. The molecule has 0 aromatic heterocycles. The van der Waals surface area contributed by atoms with Crippen molar-refractivity contribution in [2.24, 2.45) is 11.8 Å². The summed E-state index contributed by atoms with van der Waals surface area (Å²) in [6.45, 7) is 1.83. The van der Waals surface area contributed by atoms with E-state index in [0.717, 1.165) is 32.5 Å². The zero-order valence-corrected chi connectivity index (χ0v) is 8.84. The largest absolute Gasteiger partial charge is 0.381 e. The molecule has 2 fully saturated rings. The summed E-state index contributed by atoms with van der Waals surface area (Å²) in [5, 5.41) is 0. The van der Waals surface area contributed by atoms with Crippen LogP contribution in [0.2, 0.25) is 0 Å². The molecule has 1 aliphatic carbocycles. The minimum Gasteiger partial charge on any atom is -0.381 e. The lowest BCUT2D eigenvalue weighted by Gasteiger charge is -2.29. The summed E-state index contributed by atoms with van der Waals surface area (Å²) in [5.41, 5.74) is 0. The normalized spacial score (nSPS) is 35.3. The van der Waals surface area contributed by atoms with E-state index in [0.29, 0.717) is 17.6 Å². The average molecular weight is 196 g/mol. The standard InChI is InChI=1S/C12H20O2/c13-12-6-2-1-4-10(8-12)11-5-3-7-14-9-11/h10-11H,1-9H2. The molecule has 1 heterocycles. The molecule has 80 valence electrons. The molecular formula is C12H20O2. The second-order valence-electron chi connectivity index (χ2n) is 4.73. The molecule has 1 saturated carbocycles. The lowest BCUT2D eigenvalue weighted by atomic mass is 9.83. The third kappa shape index (κ3) is 2.57. The van der Waals surface area contributed by atoms with E-state index in [1.54, 1.807) is 0 Å². The van der Waals surface area contributed by atoms with Crippen molar-refractivity contribution in [3.63, 3.8) is 0 Å². The van der Waals surface area contributed by atoms with Crippen molar-refractivity contribution in [3.8, 4) is 0 Å². The first-order chi connectivity index (χ1) is 6.86. The number of hydrogen-bond acceptors (Lipinski definition) is 2. The minimum absolute atomic E-state index is 0.484. The quantitative estimate of drug-likeness (QED) is 0.602. The number of rotatable bonds is 1. The number of carbonyl (C=O) groups excluding carboxylic acids is 1. The fourth-order valence-electron chi connectivity index (χ4n) is 2.77. The van der Waals surface area contributed by atoms with Gasteiger partial charge >= 0.3 is 0 Å². The number of carbonyl (C=O) groups is 1. The topological polar surface area (TPSA) is 26.3 Å². The maximum absolute atomic E-state index is 11.5. The van der Waals surface area contributed by atoms with Crippen LogP contribution in [0.25, 0.3) is 0 Å². The average Bonchev–Trinajstić information content (AvgIpc) is 2.44. The molecule has 0 N–H and O–H groups in total. The summed E-state index contributed by atoms with van der Waals surface area (Å²) in [6, 6.07) is 0. The number of ketones is 1. The van der Waals surface area contributed by atoms with E-state index >= 15 is 0 Å². The zero-order chi connectivity index (χ0) is 9.80. The summed E-state index contributed by atoms with van der Waals surface area (Å²) >= 11 is 0.